The Kier molecular flexibility index (Phi) is 7.25. The molecule has 10 nitrogen and oxygen atoms in total. The van der Waals surface area contributed by atoms with Gasteiger partial charge in [0.2, 0.25) is 0 Å². The largest absolute Gasteiger partial charge is 0.497 e. The van der Waals surface area contributed by atoms with E-state index in [0.717, 1.165) is 28.2 Å². The van der Waals surface area contributed by atoms with Crippen LogP contribution in [0.1, 0.15) is 12.5 Å². The molecule has 4 aromatic carbocycles. The molecular weight excluding hydrogens is 496 g/mol. The van der Waals surface area contributed by atoms with Crippen LogP contribution in [-0.4, -0.2) is 33.3 Å². The smallest absolute Gasteiger partial charge is 0.295 e. The molecule has 0 fully saturated rings. The molecule has 0 unspecified atom stereocenters. The van der Waals surface area contributed by atoms with Gasteiger partial charge >= 0.3 is 0 Å². The van der Waals surface area contributed by atoms with E-state index < -0.39 is 20.6 Å². The molecule has 11 heteroatoms. The van der Waals surface area contributed by atoms with Gasteiger partial charge < -0.3 is 9.47 Å². The highest BCUT2D eigenvalue weighted by Crippen LogP contribution is 2.31. The number of nitro benzene ring substituents is 1. The highest BCUT2D eigenvalue weighted by molar-refractivity contribution is 7.92. The summed E-state index contributed by atoms with van der Waals surface area (Å²) in [4.78, 5) is 10.8. The second-order valence-electron chi connectivity index (χ2n) is 7.98. The molecule has 0 aliphatic rings. The van der Waals surface area contributed by atoms with Gasteiger partial charge in [-0.25, -0.2) is 8.42 Å². The molecule has 0 bridgehead atoms. The zero-order chi connectivity index (χ0) is 26.6. The van der Waals surface area contributed by atoms with Crippen molar-refractivity contribution in [2.75, 3.05) is 24.4 Å². The summed E-state index contributed by atoms with van der Waals surface area (Å²) in [7, 11) is -1.11. The van der Waals surface area contributed by atoms with Gasteiger partial charge in [0.25, 0.3) is 15.7 Å². The Hall–Kier alpha value is -4.64. The van der Waals surface area contributed by atoms with E-state index in [1.165, 1.54) is 25.3 Å². The molecule has 0 atom stereocenters. The van der Waals surface area contributed by atoms with Crippen LogP contribution in [0.5, 0.6) is 11.5 Å². The number of rotatable bonds is 9. The molecule has 0 saturated carbocycles. The van der Waals surface area contributed by atoms with Crippen molar-refractivity contribution in [2.24, 2.45) is 5.10 Å². The third kappa shape index (κ3) is 5.62. The number of nitrogens with one attached hydrogen (secondary N) is 2. The molecule has 0 saturated heterocycles. The van der Waals surface area contributed by atoms with Crippen LogP contribution < -0.4 is 19.6 Å². The van der Waals surface area contributed by atoms with Crippen molar-refractivity contribution < 1.29 is 22.8 Å². The van der Waals surface area contributed by atoms with Gasteiger partial charge in [0.1, 0.15) is 17.2 Å². The summed E-state index contributed by atoms with van der Waals surface area (Å²) >= 11 is 0. The molecule has 190 valence electrons. The SMILES string of the molecule is COc1ccc2cc(C(C)=NNc3ccc(S(=O)(=O)Nc4ccccc4OC)cc3[N+](=O)[O-])ccc2c1. The lowest BCUT2D eigenvalue weighted by Gasteiger charge is -2.12. The molecule has 4 aromatic rings. The molecule has 0 heterocycles. The Labute approximate surface area is 213 Å². The van der Waals surface area contributed by atoms with Crippen LogP contribution in [0, 0.1) is 10.1 Å². The Balaban J connectivity index is 1.59. The predicted octanol–water partition coefficient (Wildman–Crippen LogP) is 5.40. The van der Waals surface area contributed by atoms with Crippen molar-refractivity contribution in [1.29, 1.82) is 0 Å². The van der Waals surface area contributed by atoms with Crippen LogP contribution in [0.15, 0.2) is 88.9 Å². The Bertz CT molecular complexity index is 1620. The van der Waals surface area contributed by atoms with Crippen molar-refractivity contribution in [3.63, 3.8) is 0 Å². The summed E-state index contributed by atoms with van der Waals surface area (Å²) < 4.78 is 38.6. The topological polar surface area (TPSA) is 132 Å². The van der Waals surface area contributed by atoms with Gasteiger partial charge in [0.05, 0.1) is 35.4 Å². The highest BCUT2D eigenvalue weighted by Gasteiger charge is 2.22. The Morgan fingerprint density at radius 3 is 2.35 bits per heavy atom. The monoisotopic (exact) mass is 520 g/mol. The number of hydrogen-bond acceptors (Lipinski definition) is 8. The molecule has 0 aromatic heterocycles. The molecule has 0 aliphatic carbocycles. The number of anilines is 2. The van der Waals surface area contributed by atoms with Crippen LogP contribution in [-0.2, 0) is 10.0 Å². The number of nitro groups is 1. The summed E-state index contributed by atoms with van der Waals surface area (Å²) in [5, 5.41) is 18.0. The van der Waals surface area contributed by atoms with Gasteiger partial charge in [-0.05, 0) is 65.7 Å². The van der Waals surface area contributed by atoms with Gasteiger partial charge in [0, 0.05) is 6.07 Å². The highest BCUT2D eigenvalue weighted by atomic mass is 32.2. The van der Waals surface area contributed by atoms with Crippen LogP contribution in [0.2, 0.25) is 0 Å². The number of nitrogens with zero attached hydrogens (tertiary/aromatic N) is 2. The number of para-hydroxylation sites is 2. The van der Waals surface area contributed by atoms with Gasteiger partial charge in [-0.3, -0.25) is 20.3 Å². The first-order valence-electron chi connectivity index (χ1n) is 11.0. The summed E-state index contributed by atoms with van der Waals surface area (Å²) in [6.07, 6.45) is 0. The van der Waals surface area contributed by atoms with E-state index in [2.05, 4.69) is 15.2 Å². The van der Waals surface area contributed by atoms with Crippen LogP contribution >= 0.6 is 0 Å². The quantitative estimate of drug-likeness (QED) is 0.171. The van der Waals surface area contributed by atoms with Gasteiger partial charge in [-0.15, -0.1) is 0 Å². The van der Waals surface area contributed by atoms with Crippen molar-refractivity contribution >= 4 is 43.6 Å². The van der Waals surface area contributed by atoms with E-state index in [1.54, 1.807) is 32.2 Å². The fourth-order valence-electron chi connectivity index (χ4n) is 3.64. The second kappa shape index (κ2) is 10.5. The van der Waals surface area contributed by atoms with Crippen LogP contribution in [0.25, 0.3) is 10.8 Å². The summed E-state index contributed by atoms with van der Waals surface area (Å²) in [5.74, 6) is 1.07. The zero-order valence-corrected chi connectivity index (χ0v) is 21.1. The maximum Gasteiger partial charge on any atom is 0.295 e. The average molecular weight is 521 g/mol. The van der Waals surface area contributed by atoms with E-state index in [0.29, 0.717) is 11.5 Å². The number of sulfonamides is 1. The number of ether oxygens (including phenoxy) is 2. The molecule has 0 aliphatic heterocycles. The van der Waals surface area contributed by atoms with Crippen molar-refractivity contribution in [2.45, 2.75) is 11.8 Å². The van der Waals surface area contributed by atoms with E-state index in [1.807, 2.05) is 36.4 Å². The molecule has 2 N–H and O–H groups in total. The van der Waals surface area contributed by atoms with Gasteiger partial charge in [-0.2, -0.15) is 5.10 Å². The average Bonchev–Trinajstić information content (AvgIpc) is 2.90. The Morgan fingerprint density at radius 2 is 1.62 bits per heavy atom. The van der Waals surface area contributed by atoms with Gasteiger partial charge in [0.15, 0.2) is 0 Å². The van der Waals surface area contributed by atoms with Crippen LogP contribution in [0.3, 0.4) is 0 Å². The van der Waals surface area contributed by atoms with E-state index in [4.69, 9.17) is 9.47 Å². The minimum atomic E-state index is -4.13. The second-order valence-corrected chi connectivity index (χ2v) is 9.66. The minimum absolute atomic E-state index is 0.0473. The minimum Gasteiger partial charge on any atom is -0.497 e. The molecule has 37 heavy (non-hydrogen) atoms. The van der Waals surface area contributed by atoms with E-state index >= 15 is 0 Å². The third-order valence-electron chi connectivity index (χ3n) is 5.64. The molecular formula is C26H24N4O6S. The number of fused-ring (bicyclic) bond motifs is 1. The normalized spacial score (nSPS) is 11.7. The van der Waals surface area contributed by atoms with E-state index in [9.17, 15) is 18.5 Å². The first-order chi connectivity index (χ1) is 17.7. The first-order valence-corrected chi connectivity index (χ1v) is 12.5. The zero-order valence-electron chi connectivity index (χ0n) is 20.3. The lowest BCUT2D eigenvalue weighted by Crippen LogP contribution is -2.14. The lowest BCUT2D eigenvalue weighted by atomic mass is 10.0. The van der Waals surface area contributed by atoms with Crippen molar-refractivity contribution in [1.82, 2.24) is 0 Å². The van der Waals surface area contributed by atoms with Crippen molar-refractivity contribution in [3.8, 4) is 11.5 Å². The predicted molar refractivity (Wildman–Crippen MR) is 143 cm³/mol. The fourth-order valence-corrected chi connectivity index (χ4v) is 4.73. The maximum atomic E-state index is 12.9. The standard InChI is InChI=1S/C26H24N4O6S/c1-17(18-8-9-20-15-21(35-2)11-10-19(20)14-18)27-28-23-13-12-22(16-25(23)30(31)32)37(33,34)29-24-6-4-5-7-26(24)36-3/h4-16,28-29H,1-3H3. The fraction of sp³-hybridized carbons (Fsp3) is 0.115. The number of hydrazone groups is 1. The summed E-state index contributed by atoms with van der Waals surface area (Å²) in [6, 6.07) is 21.5. The molecule has 4 rings (SSSR count). The van der Waals surface area contributed by atoms with Crippen molar-refractivity contribution in [3.05, 3.63) is 94.5 Å². The number of methoxy groups -OCH3 is 2. The van der Waals surface area contributed by atoms with Gasteiger partial charge in [-0.1, -0.05) is 30.3 Å². The summed E-state index contributed by atoms with van der Waals surface area (Å²) in [6.45, 7) is 1.76. The Morgan fingerprint density at radius 1 is 0.892 bits per heavy atom. The first kappa shape index (κ1) is 25.5. The number of hydrogen-bond donors (Lipinski definition) is 2. The molecule has 0 amide bonds. The lowest BCUT2D eigenvalue weighted by molar-refractivity contribution is -0.384. The molecule has 0 radical (unpaired) electrons. The summed E-state index contributed by atoms with van der Waals surface area (Å²) in [5.41, 5.74) is 3.91. The van der Waals surface area contributed by atoms with Crippen LogP contribution in [0.4, 0.5) is 17.1 Å². The number of benzene rings is 4. The van der Waals surface area contributed by atoms with E-state index in [-0.39, 0.29) is 16.3 Å². The third-order valence-corrected chi connectivity index (χ3v) is 7.00. The maximum absolute atomic E-state index is 12.9. The molecule has 0 spiro atoms.